The van der Waals surface area contributed by atoms with E-state index in [1.54, 1.807) is 64.1 Å². The minimum Gasteiger partial charge on any atom is -0.541 e. The predicted octanol–water partition coefficient (Wildman–Crippen LogP) is 7.49. The molecule has 1 saturated heterocycles. The van der Waals surface area contributed by atoms with E-state index in [4.69, 9.17) is 47.9 Å². The van der Waals surface area contributed by atoms with Gasteiger partial charge in [-0.3, -0.25) is 19.8 Å². The molecule has 5 heterocycles. The van der Waals surface area contributed by atoms with Crippen molar-refractivity contribution in [3.8, 4) is 5.75 Å². The van der Waals surface area contributed by atoms with E-state index in [2.05, 4.69) is 30.0 Å². The highest BCUT2D eigenvalue weighted by atomic mass is 35.5. The Morgan fingerprint density at radius 3 is 2.34 bits per heavy atom. The lowest BCUT2D eigenvalue weighted by Crippen LogP contribution is -2.71. The number of aromatic nitrogens is 3. The molecule has 0 bridgehead atoms. The zero-order valence-electron chi connectivity index (χ0n) is 45.6. The SMILES string of the molecule is [B]OC(=O)[C@@H](CO[Si](C)(C)C(C)(C)C)ON=C(C(=O)NC1C(=O)N2C(C(=O)OCc3ccc(OC)cc3)=C(C[n+]3cccc4c3ccn4CCCN(C)C(=O)OC(C)(C)C)CSC12)c1nc(NC(=O)OC(C)(C)C)sc1Cl. The van der Waals surface area contributed by atoms with Gasteiger partial charge in [0.25, 0.3) is 11.8 Å². The minimum atomic E-state index is -2.49. The Bertz CT molecular complexity index is 2910. The Morgan fingerprint density at radius 1 is 1.01 bits per heavy atom. The number of thioether (sulfide) groups is 1. The highest BCUT2D eigenvalue weighted by Crippen LogP contribution is 2.42. The number of hydrogen-bond donors (Lipinski definition) is 2. The summed E-state index contributed by atoms with van der Waals surface area (Å²) in [5.74, 6) is -2.60. The van der Waals surface area contributed by atoms with Gasteiger partial charge in [-0.2, -0.15) is 4.57 Å². The van der Waals surface area contributed by atoms with Gasteiger partial charge in [0, 0.05) is 49.8 Å². The summed E-state index contributed by atoms with van der Waals surface area (Å²) in [7, 11) is 6.05. The maximum absolute atomic E-state index is 14.6. The molecule has 0 aliphatic carbocycles. The molecule has 4 amide bonds. The zero-order chi connectivity index (χ0) is 56.8. The first-order chi connectivity index (χ1) is 36.0. The van der Waals surface area contributed by atoms with Crippen LogP contribution in [0.25, 0.3) is 11.0 Å². The monoisotopic (exact) mass is 1140 g/mol. The summed E-state index contributed by atoms with van der Waals surface area (Å²) in [5.41, 5.74) is 0.710. The van der Waals surface area contributed by atoms with Crippen LogP contribution in [0.5, 0.6) is 5.75 Å². The highest BCUT2D eigenvalue weighted by molar-refractivity contribution is 8.00. The molecule has 414 valence electrons. The average molecular weight is 1140 g/mol. The molecule has 3 atom stereocenters. The van der Waals surface area contributed by atoms with Gasteiger partial charge < -0.3 is 47.6 Å². The number of rotatable bonds is 20. The number of amides is 4. The van der Waals surface area contributed by atoms with E-state index in [1.165, 1.54) is 16.7 Å². The van der Waals surface area contributed by atoms with Gasteiger partial charge in [-0.15, -0.1) is 11.8 Å². The van der Waals surface area contributed by atoms with Crippen molar-refractivity contribution in [2.24, 2.45) is 5.16 Å². The fraction of sp³-hybridized carbons (Fsp3) is 0.510. The summed E-state index contributed by atoms with van der Waals surface area (Å²) < 4.78 is 36.7. The molecular weight excluding hydrogens is 1070 g/mol. The van der Waals surface area contributed by atoms with Crippen molar-refractivity contribution in [3.63, 3.8) is 0 Å². The number of benzene rings is 1. The number of nitrogens with one attached hydrogen (secondary N) is 2. The molecule has 3 aromatic heterocycles. The Labute approximate surface area is 463 Å². The Kier molecular flexibility index (Phi) is 19.3. The number of hydrogen-bond acceptors (Lipinski definition) is 17. The van der Waals surface area contributed by atoms with Crippen molar-refractivity contribution >= 4 is 109 Å². The van der Waals surface area contributed by atoms with Gasteiger partial charge in [-0.25, -0.2) is 24.2 Å². The number of methoxy groups -OCH3 is 1. The number of oxime groups is 1. The third-order valence-corrected chi connectivity index (χ3v) is 19.5. The molecule has 26 heteroatoms. The van der Waals surface area contributed by atoms with Crippen LogP contribution in [0.3, 0.4) is 0 Å². The molecule has 6 rings (SSSR count). The molecule has 2 aliphatic heterocycles. The smallest absolute Gasteiger partial charge is 0.413 e. The van der Waals surface area contributed by atoms with Crippen molar-refractivity contribution < 1.29 is 66.2 Å². The first-order valence-corrected chi connectivity index (χ1v) is 29.8. The van der Waals surface area contributed by atoms with E-state index in [-0.39, 0.29) is 51.4 Å². The van der Waals surface area contributed by atoms with Crippen LogP contribution in [0.1, 0.15) is 80.0 Å². The lowest BCUT2D eigenvalue weighted by molar-refractivity contribution is -0.663. The van der Waals surface area contributed by atoms with E-state index < -0.39 is 78.7 Å². The molecule has 77 heavy (non-hydrogen) atoms. The van der Waals surface area contributed by atoms with Crippen LogP contribution in [0.2, 0.25) is 22.5 Å². The van der Waals surface area contributed by atoms with Crippen molar-refractivity contribution in [2.75, 3.05) is 38.4 Å². The molecule has 2 unspecified atom stereocenters. The maximum Gasteiger partial charge on any atom is 0.413 e. The number of anilines is 1. The lowest BCUT2D eigenvalue weighted by Gasteiger charge is -2.49. The van der Waals surface area contributed by atoms with Crippen LogP contribution in [0.15, 0.2) is 71.3 Å². The van der Waals surface area contributed by atoms with Crippen LogP contribution in [0.4, 0.5) is 14.7 Å². The molecule has 2 radical (unpaired) electrons. The Hall–Kier alpha value is -6.15. The number of esters is 1. The van der Waals surface area contributed by atoms with Gasteiger partial charge in [0.2, 0.25) is 11.6 Å². The summed E-state index contributed by atoms with van der Waals surface area (Å²) in [6.45, 7) is 21.2. The first kappa shape index (κ1) is 60.1. The standard InChI is InChI=1S/C51H66BClN8O13S2Si/c1-49(2,3)71-47(66)56-46-55-36(40(53)76-46)37(57-74-35(44(64)73-52)28-70-77(12,13)51(7,8)9)41(62)54-38-42(63)61-39(45(65)69-27-30-17-19-32(68-11)20-18-30)31(29-75-43(38)61)26-60-23-14-16-33-34(60)21-25-59(33)24-15-22-58(10)48(67)72-50(4,5)6/h14,16-21,23,25,35,38,43H,15,22,24,26-29H2,1-13H3,(H-,54,55,56,62,66)/p+1/t35-,38?,43?/m1/s1. The first-order valence-electron chi connectivity index (χ1n) is 24.6. The van der Waals surface area contributed by atoms with Crippen molar-refractivity contribution in [3.05, 3.63) is 81.7 Å². The van der Waals surface area contributed by atoms with Gasteiger partial charge in [0.1, 0.15) is 56.2 Å². The molecule has 0 saturated carbocycles. The molecular formula is C51H67BClN8O13S2Si+. The Balaban J connectivity index is 1.29. The fourth-order valence-corrected chi connectivity index (χ4v) is 10.9. The van der Waals surface area contributed by atoms with E-state index >= 15 is 0 Å². The number of halogens is 1. The summed E-state index contributed by atoms with van der Waals surface area (Å²) >= 11 is 8.78. The molecule has 0 spiro atoms. The average Bonchev–Trinajstić information content (AvgIpc) is 3.96. The number of carbonyl (C=O) groups excluding carboxylic acids is 6. The molecule has 2 aliphatic rings. The number of aryl methyl sites for hydroxylation is 1. The van der Waals surface area contributed by atoms with Crippen molar-refractivity contribution in [1.82, 2.24) is 24.7 Å². The van der Waals surface area contributed by atoms with Crippen LogP contribution in [-0.4, -0.2) is 139 Å². The third kappa shape index (κ3) is 15.3. The fourth-order valence-electron chi connectivity index (χ4n) is 7.52. The van der Waals surface area contributed by atoms with Crippen LogP contribution < -0.4 is 19.9 Å². The zero-order valence-corrected chi connectivity index (χ0v) is 49.0. The number of fused-ring (bicyclic) bond motifs is 2. The van der Waals surface area contributed by atoms with Crippen molar-refractivity contribution in [2.45, 2.75) is 135 Å². The molecule has 21 nitrogen and oxygen atoms in total. The van der Waals surface area contributed by atoms with Gasteiger partial charge in [0.05, 0.1) is 13.7 Å². The van der Waals surface area contributed by atoms with Gasteiger partial charge in [-0.05, 0) is 89.9 Å². The van der Waals surface area contributed by atoms with Crippen LogP contribution >= 0.6 is 34.7 Å². The molecule has 2 N–H and O–H groups in total. The predicted molar refractivity (Wildman–Crippen MR) is 294 cm³/mol. The lowest BCUT2D eigenvalue weighted by atomic mass is 10.0. The third-order valence-electron chi connectivity index (χ3n) is 12.5. The Morgan fingerprint density at radius 2 is 1.70 bits per heavy atom. The molecule has 4 aromatic rings. The number of thiazole rings is 1. The number of ether oxygens (including phenoxy) is 4. The second kappa shape index (κ2) is 24.7. The summed E-state index contributed by atoms with van der Waals surface area (Å²) in [6.07, 6.45) is 1.66. The summed E-state index contributed by atoms with van der Waals surface area (Å²) in [6, 6.07) is 11.6. The van der Waals surface area contributed by atoms with E-state index in [0.29, 0.717) is 36.4 Å². The summed E-state index contributed by atoms with van der Waals surface area (Å²) in [4.78, 5) is 94.7. The molecule has 1 fully saturated rings. The number of nitrogens with zero attached hydrogens (tertiary/aromatic N) is 6. The molecule has 1 aromatic carbocycles. The number of pyridine rings is 1. The van der Waals surface area contributed by atoms with Gasteiger partial charge in [0.15, 0.2) is 31.9 Å². The summed E-state index contributed by atoms with van der Waals surface area (Å²) in [5, 5.41) is 8.12. The topological polar surface area (TPSA) is 232 Å². The number of carbonyl (C=O) groups is 6. The largest absolute Gasteiger partial charge is 0.541 e. The van der Waals surface area contributed by atoms with Gasteiger partial charge >= 0.3 is 32.2 Å². The quantitative estimate of drug-likeness (QED) is 0.0166. The maximum atomic E-state index is 14.6. The van der Waals surface area contributed by atoms with Crippen LogP contribution in [-0.2, 0) is 67.0 Å². The van der Waals surface area contributed by atoms with Crippen molar-refractivity contribution in [1.29, 1.82) is 0 Å². The van der Waals surface area contributed by atoms with Gasteiger partial charge in [-0.1, -0.05) is 61.0 Å². The number of β-lactam (4-membered cyclic amide) rings is 1. The van der Waals surface area contributed by atoms with Crippen LogP contribution in [0, 0.1) is 0 Å². The second-order valence-corrected chi connectivity index (χ2v) is 29.2. The highest BCUT2D eigenvalue weighted by Gasteiger charge is 2.55. The van der Waals surface area contributed by atoms with E-state index in [0.717, 1.165) is 22.4 Å². The second-order valence-electron chi connectivity index (χ2n) is 21.7. The van der Waals surface area contributed by atoms with E-state index in [9.17, 15) is 28.8 Å². The normalized spacial score (nSPS) is 16.5. The van der Waals surface area contributed by atoms with E-state index in [1.807, 2.05) is 89.8 Å². The minimum absolute atomic E-state index is 0.0226.